The van der Waals surface area contributed by atoms with Crippen LogP contribution in [0.2, 0.25) is 5.22 Å². The first-order valence-corrected chi connectivity index (χ1v) is 5.77. The van der Waals surface area contributed by atoms with Crippen molar-refractivity contribution in [3.63, 3.8) is 0 Å². The first-order chi connectivity index (χ1) is 8.13. The van der Waals surface area contributed by atoms with Crippen LogP contribution in [0.3, 0.4) is 0 Å². The topological polar surface area (TPSA) is 51.2 Å². The van der Waals surface area contributed by atoms with Gasteiger partial charge in [-0.25, -0.2) is 5.43 Å². The van der Waals surface area contributed by atoms with Gasteiger partial charge in [0.2, 0.25) is 0 Å². The Morgan fingerprint density at radius 1 is 1.24 bits per heavy atom. The van der Waals surface area contributed by atoms with E-state index in [4.69, 9.17) is 21.9 Å². The predicted molar refractivity (Wildman–Crippen MR) is 68.8 cm³/mol. The van der Waals surface area contributed by atoms with Gasteiger partial charge in [0.1, 0.15) is 0 Å². The van der Waals surface area contributed by atoms with Gasteiger partial charge in [0.15, 0.2) is 5.22 Å². The molecular formula is C13H15ClN2O. The molecule has 1 heterocycles. The molecule has 0 saturated heterocycles. The molecule has 3 N–H and O–H groups in total. The number of nitrogens with two attached hydrogens (primary N) is 1. The van der Waals surface area contributed by atoms with E-state index >= 15 is 0 Å². The number of rotatable bonds is 3. The van der Waals surface area contributed by atoms with Crippen molar-refractivity contribution in [2.24, 2.45) is 5.84 Å². The minimum Gasteiger partial charge on any atom is -0.453 e. The normalized spacial score (nSPS) is 12.7. The van der Waals surface area contributed by atoms with E-state index in [1.807, 2.05) is 12.1 Å². The lowest BCUT2D eigenvalue weighted by Crippen LogP contribution is -2.28. The Bertz CT molecular complexity index is 522. The molecule has 4 heteroatoms. The molecule has 0 spiro atoms. The Labute approximate surface area is 106 Å². The summed E-state index contributed by atoms with van der Waals surface area (Å²) < 4.78 is 5.09. The number of hydrogen-bond acceptors (Lipinski definition) is 3. The highest BCUT2D eigenvalue weighted by Gasteiger charge is 2.17. The lowest BCUT2D eigenvalue weighted by molar-refractivity contribution is 0.555. The highest BCUT2D eigenvalue weighted by Crippen LogP contribution is 2.29. The van der Waals surface area contributed by atoms with Crippen molar-refractivity contribution >= 4 is 11.6 Å². The Morgan fingerprint density at radius 2 is 2.00 bits per heavy atom. The second kappa shape index (κ2) is 4.92. The lowest BCUT2D eigenvalue weighted by Gasteiger charge is -2.16. The van der Waals surface area contributed by atoms with Crippen LogP contribution in [0.5, 0.6) is 0 Å². The van der Waals surface area contributed by atoms with Gasteiger partial charge in [-0.15, -0.1) is 0 Å². The van der Waals surface area contributed by atoms with E-state index < -0.39 is 0 Å². The Morgan fingerprint density at radius 3 is 2.53 bits per heavy atom. The van der Waals surface area contributed by atoms with Crippen molar-refractivity contribution in [1.29, 1.82) is 0 Å². The summed E-state index contributed by atoms with van der Waals surface area (Å²) in [5.41, 5.74) is 7.15. The quantitative estimate of drug-likeness (QED) is 0.650. The maximum absolute atomic E-state index is 5.97. The molecule has 0 saturated carbocycles. The largest absolute Gasteiger partial charge is 0.453 e. The van der Waals surface area contributed by atoms with Crippen molar-refractivity contribution in [1.82, 2.24) is 5.43 Å². The van der Waals surface area contributed by atoms with Crippen LogP contribution in [0.1, 0.15) is 28.3 Å². The van der Waals surface area contributed by atoms with E-state index in [1.165, 1.54) is 11.1 Å². The van der Waals surface area contributed by atoms with Crippen molar-refractivity contribution < 1.29 is 4.42 Å². The molecule has 0 radical (unpaired) electrons. The molecule has 17 heavy (non-hydrogen) atoms. The highest BCUT2D eigenvalue weighted by atomic mass is 35.5. The van der Waals surface area contributed by atoms with Gasteiger partial charge in [0, 0.05) is 5.56 Å². The second-order valence-electron chi connectivity index (χ2n) is 4.09. The van der Waals surface area contributed by atoms with Crippen molar-refractivity contribution in [3.05, 3.63) is 58.0 Å². The smallest absolute Gasteiger partial charge is 0.198 e. The second-order valence-corrected chi connectivity index (χ2v) is 4.44. The molecule has 1 atom stereocenters. The maximum Gasteiger partial charge on any atom is 0.198 e. The van der Waals surface area contributed by atoms with Crippen molar-refractivity contribution in [2.45, 2.75) is 19.9 Å². The Hall–Kier alpha value is -1.29. The molecule has 2 aromatic rings. The summed E-state index contributed by atoms with van der Waals surface area (Å²) in [4.78, 5) is 0. The average Bonchev–Trinajstić information content (AvgIpc) is 2.71. The summed E-state index contributed by atoms with van der Waals surface area (Å²) >= 11 is 5.97. The van der Waals surface area contributed by atoms with Crippen molar-refractivity contribution in [3.8, 4) is 0 Å². The summed E-state index contributed by atoms with van der Waals surface area (Å²) in [6.07, 6.45) is 1.56. The predicted octanol–water partition coefficient (Wildman–Crippen LogP) is 3.10. The summed E-state index contributed by atoms with van der Waals surface area (Å²) in [6, 6.07) is 7.88. The number of furan rings is 1. The molecular weight excluding hydrogens is 236 g/mol. The minimum absolute atomic E-state index is 0.152. The molecule has 0 aliphatic heterocycles. The number of hydrazine groups is 1. The average molecular weight is 251 g/mol. The molecule has 1 aromatic heterocycles. The van der Waals surface area contributed by atoms with Crippen LogP contribution < -0.4 is 11.3 Å². The standard InChI is InChI=1S/C13H15ClN2O/c1-8-3-4-10(7-9(8)2)12(16-15)11-5-6-17-13(11)14/h3-7,12,16H,15H2,1-2H3. The van der Waals surface area contributed by atoms with Crippen LogP contribution in [-0.2, 0) is 0 Å². The van der Waals surface area contributed by atoms with E-state index in [1.54, 1.807) is 6.26 Å². The van der Waals surface area contributed by atoms with Crippen LogP contribution in [0, 0.1) is 13.8 Å². The van der Waals surface area contributed by atoms with E-state index in [-0.39, 0.29) is 6.04 Å². The minimum atomic E-state index is -0.152. The third-order valence-electron chi connectivity index (χ3n) is 2.99. The zero-order valence-corrected chi connectivity index (χ0v) is 10.6. The molecule has 90 valence electrons. The van der Waals surface area contributed by atoms with Crippen LogP contribution >= 0.6 is 11.6 Å². The van der Waals surface area contributed by atoms with Gasteiger partial charge in [0.05, 0.1) is 12.3 Å². The molecule has 0 bridgehead atoms. The monoisotopic (exact) mass is 250 g/mol. The van der Waals surface area contributed by atoms with Crippen LogP contribution in [0.15, 0.2) is 34.9 Å². The fourth-order valence-corrected chi connectivity index (χ4v) is 2.04. The number of benzene rings is 1. The molecule has 0 amide bonds. The Balaban J connectivity index is 2.42. The maximum atomic E-state index is 5.97. The summed E-state index contributed by atoms with van der Waals surface area (Å²) in [6.45, 7) is 4.15. The third-order valence-corrected chi connectivity index (χ3v) is 3.30. The zero-order valence-electron chi connectivity index (χ0n) is 9.83. The highest BCUT2D eigenvalue weighted by molar-refractivity contribution is 6.29. The zero-order chi connectivity index (χ0) is 12.4. The first kappa shape index (κ1) is 12.2. The first-order valence-electron chi connectivity index (χ1n) is 5.39. The summed E-state index contributed by atoms with van der Waals surface area (Å²) in [7, 11) is 0. The molecule has 3 nitrogen and oxygen atoms in total. The van der Waals surface area contributed by atoms with Gasteiger partial charge in [0.25, 0.3) is 0 Å². The molecule has 1 unspecified atom stereocenters. The third kappa shape index (κ3) is 2.36. The van der Waals surface area contributed by atoms with E-state index in [0.717, 1.165) is 11.1 Å². The molecule has 0 aliphatic carbocycles. The van der Waals surface area contributed by atoms with Crippen LogP contribution in [0.25, 0.3) is 0 Å². The lowest BCUT2D eigenvalue weighted by atomic mass is 9.98. The number of halogens is 1. The van der Waals surface area contributed by atoms with Crippen LogP contribution in [-0.4, -0.2) is 0 Å². The van der Waals surface area contributed by atoms with Gasteiger partial charge < -0.3 is 4.42 Å². The van der Waals surface area contributed by atoms with Crippen LogP contribution in [0.4, 0.5) is 0 Å². The van der Waals surface area contributed by atoms with Gasteiger partial charge in [-0.1, -0.05) is 18.2 Å². The van der Waals surface area contributed by atoms with E-state index in [9.17, 15) is 0 Å². The van der Waals surface area contributed by atoms with Crippen molar-refractivity contribution in [2.75, 3.05) is 0 Å². The molecule has 0 aliphatic rings. The SMILES string of the molecule is Cc1ccc(C(NN)c2ccoc2Cl)cc1C. The number of hydrogen-bond donors (Lipinski definition) is 2. The van der Waals surface area contributed by atoms with Gasteiger partial charge in [-0.05, 0) is 48.2 Å². The Kier molecular flexibility index (Phi) is 3.52. The van der Waals surface area contributed by atoms with E-state index in [2.05, 4.69) is 31.4 Å². The summed E-state index contributed by atoms with van der Waals surface area (Å²) in [5.74, 6) is 5.60. The van der Waals surface area contributed by atoms with Gasteiger partial charge in [-0.2, -0.15) is 0 Å². The van der Waals surface area contributed by atoms with Gasteiger partial charge in [-0.3, -0.25) is 5.84 Å². The van der Waals surface area contributed by atoms with E-state index in [0.29, 0.717) is 5.22 Å². The molecule has 1 aromatic carbocycles. The van der Waals surface area contributed by atoms with Gasteiger partial charge >= 0.3 is 0 Å². The fraction of sp³-hybridized carbons (Fsp3) is 0.231. The number of nitrogens with one attached hydrogen (secondary N) is 1. The fourth-order valence-electron chi connectivity index (χ4n) is 1.82. The molecule has 2 rings (SSSR count). The number of aryl methyl sites for hydroxylation is 2. The molecule has 0 fully saturated rings. The summed E-state index contributed by atoms with van der Waals surface area (Å²) in [5, 5.41) is 0.367.